The number of hydrogen-bond acceptors (Lipinski definition) is 5. The lowest BCUT2D eigenvalue weighted by atomic mass is 10.2. The zero-order valence-corrected chi connectivity index (χ0v) is 11.5. The largest absolute Gasteiger partial charge is 0.397 e. The average molecular weight is 273 g/mol. The molecule has 18 heavy (non-hydrogen) atoms. The van der Waals surface area contributed by atoms with Gasteiger partial charge in [0.25, 0.3) is 0 Å². The minimum atomic E-state index is -3.46. The van der Waals surface area contributed by atoms with Crippen LogP contribution >= 0.6 is 0 Å². The highest BCUT2D eigenvalue weighted by Crippen LogP contribution is 2.22. The van der Waals surface area contributed by atoms with Gasteiger partial charge in [0.05, 0.1) is 22.4 Å². The van der Waals surface area contributed by atoms with Crippen molar-refractivity contribution in [2.75, 3.05) is 31.8 Å². The molecule has 0 spiro atoms. The molecule has 0 aliphatic carbocycles. The third kappa shape index (κ3) is 3.59. The summed E-state index contributed by atoms with van der Waals surface area (Å²) in [6.45, 7) is 2.45. The molecule has 4 N–H and O–H groups in total. The zero-order chi connectivity index (χ0) is 13.8. The normalized spacial score (nSPS) is 13.3. The van der Waals surface area contributed by atoms with Crippen LogP contribution in [0.25, 0.3) is 0 Å². The fraction of sp³-hybridized carbons (Fsp3) is 0.455. The van der Waals surface area contributed by atoms with Gasteiger partial charge in [-0.25, -0.2) is 13.1 Å². The van der Waals surface area contributed by atoms with Crippen LogP contribution in [0.1, 0.15) is 6.92 Å². The van der Waals surface area contributed by atoms with Crippen molar-refractivity contribution < 1.29 is 13.2 Å². The summed E-state index contributed by atoms with van der Waals surface area (Å²) >= 11 is 0. The van der Waals surface area contributed by atoms with Gasteiger partial charge in [0.1, 0.15) is 0 Å². The van der Waals surface area contributed by atoms with Gasteiger partial charge in [-0.2, -0.15) is 0 Å². The van der Waals surface area contributed by atoms with Gasteiger partial charge in [-0.15, -0.1) is 0 Å². The Labute approximate surface area is 108 Å². The lowest BCUT2D eigenvalue weighted by Crippen LogP contribution is -2.20. The summed E-state index contributed by atoms with van der Waals surface area (Å²) in [5, 5.41) is 3.06. The molecule has 0 fully saturated rings. The predicted octanol–water partition coefficient (Wildman–Crippen LogP) is 0.624. The van der Waals surface area contributed by atoms with Crippen molar-refractivity contribution in [1.82, 2.24) is 4.72 Å². The van der Waals surface area contributed by atoms with Crippen LogP contribution in [0.4, 0.5) is 11.4 Å². The highest BCUT2D eigenvalue weighted by Gasteiger charge is 2.13. The first-order chi connectivity index (χ1) is 8.40. The molecule has 1 unspecified atom stereocenters. The lowest BCUT2D eigenvalue weighted by Gasteiger charge is -2.14. The van der Waals surface area contributed by atoms with Crippen molar-refractivity contribution in [3.8, 4) is 0 Å². The molecule has 0 aliphatic rings. The molecule has 1 aromatic carbocycles. The fourth-order valence-electron chi connectivity index (χ4n) is 1.31. The van der Waals surface area contributed by atoms with E-state index in [1.54, 1.807) is 13.2 Å². The van der Waals surface area contributed by atoms with E-state index in [9.17, 15) is 8.42 Å². The first-order valence-electron chi connectivity index (χ1n) is 5.50. The number of benzene rings is 1. The van der Waals surface area contributed by atoms with E-state index in [1.807, 2.05) is 6.92 Å². The number of hydrogen-bond donors (Lipinski definition) is 3. The number of nitrogen functional groups attached to an aromatic ring is 1. The zero-order valence-electron chi connectivity index (χ0n) is 10.7. The minimum absolute atomic E-state index is 0.00830. The van der Waals surface area contributed by atoms with Crippen LogP contribution in [-0.4, -0.2) is 35.2 Å². The Balaban J connectivity index is 2.95. The number of methoxy groups -OCH3 is 1. The number of ether oxygens (including phenoxy) is 1. The van der Waals surface area contributed by atoms with E-state index in [4.69, 9.17) is 10.5 Å². The van der Waals surface area contributed by atoms with Crippen molar-refractivity contribution in [2.45, 2.75) is 17.9 Å². The molecule has 1 aromatic rings. The highest BCUT2D eigenvalue weighted by atomic mass is 32.2. The van der Waals surface area contributed by atoms with Gasteiger partial charge in [0.15, 0.2) is 0 Å². The third-order valence-corrected chi connectivity index (χ3v) is 4.00. The second-order valence-corrected chi connectivity index (χ2v) is 5.77. The first-order valence-corrected chi connectivity index (χ1v) is 6.98. The number of nitrogens with one attached hydrogen (secondary N) is 2. The topological polar surface area (TPSA) is 93.5 Å². The Morgan fingerprint density at radius 1 is 1.44 bits per heavy atom. The molecule has 0 aliphatic heterocycles. The molecule has 0 heterocycles. The van der Waals surface area contributed by atoms with Gasteiger partial charge in [0.2, 0.25) is 10.0 Å². The quantitative estimate of drug-likeness (QED) is 0.661. The van der Waals surface area contributed by atoms with E-state index < -0.39 is 10.0 Å². The molecule has 0 bridgehead atoms. The van der Waals surface area contributed by atoms with Crippen molar-refractivity contribution in [3.05, 3.63) is 18.2 Å². The molecular weight excluding hydrogens is 254 g/mol. The second-order valence-electron chi connectivity index (χ2n) is 3.88. The lowest BCUT2D eigenvalue weighted by molar-refractivity contribution is 0.129. The first kappa shape index (κ1) is 14.7. The van der Waals surface area contributed by atoms with E-state index in [0.29, 0.717) is 17.9 Å². The molecule has 0 aromatic heterocycles. The van der Waals surface area contributed by atoms with Crippen LogP contribution in [0.15, 0.2) is 23.1 Å². The maximum absolute atomic E-state index is 11.7. The maximum atomic E-state index is 11.7. The number of sulfonamides is 1. The Morgan fingerprint density at radius 3 is 2.67 bits per heavy atom. The molecule has 0 saturated heterocycles. The predicted molar refractivity (Wildman–Crippen MR) is 72.1 cm³/mol. The van der Waals surface area contributed by atoms with Gasteiger partial charge in [-0.3, -0.25) is 0 Å². The van der Waals surface area contributed by atoms with Gasteiger partial charge in [0, 0.05) is 13.7 Å². The van der Waals surface area contributed by atoms with E-state index in [-0.39, 0.29) is 11.0 Å². The van der Waals surface area contributed by atoms with Crippen LogP contribution in [-0.2, 0) is 14.8 Å². The van der Waals surface area contributed by atoms with Crippen LogP contribution in [0, 0.1) is 0 Å². The van der Waals surface area contributed by atoms with Gasteiger partial charge >= 0.3 is 0 Å². The van der Waals surface area contributed by atoms with Crippen LogP contribution in [0.2, 0.25) is 0 Å². The average Bonchev–Trinajstić information content (AvgIpc) is 2.37. The maximum Gasteiger partial charge on any atom is 0.240 e. The Bertz CT molecular complexity index is 502. The Morgan fingerprint density at radius 2 is 2.11 bits per heavy atom. The molecule has 0 saturated carbocycles. The van der Waals surface area contributed by atoms with Crippen LogP contribution in [0.5, 0.6) is 0 Å². The van der Waals surface area contributed by atoms with Crippen LogP contribution in [0.3, 0.4) is 0 Å². The third-order valence-electron chi connectivity index (χ3n) is 2.59. The molecule has 0 amide bonds. The number of rotatable bonds is 6. The molecule has 0 radical (unpaired) electrons. The SMILES string of the molecule is CNS(=O)(=O)c1ccc(N)c(NCC(C)OC)c1. The molecule has 6 nitrogen and oxygen atoms in total. The number of anilines is 2. The van der Waals surface area contributed by atoms with Crippen molar-refractivity contribution in [2.24, 2.45) is 0 Å². The van der Waals surface area contributed by atoms with E-state index in [2.05, 4.69) is 10.0 Å². The molecule has 102 valence electrons. The fourth-order valence-corrected chi connectivity index (χ4v) is 2.07. The minimum Gasteiger partial charge on any atom is -0.397 e. The summed E-state index contributed by atoms with van der Waals surface area (Å²) < 4.78 is 30.7. The van der Waals surface area contributed by atoms with Gasteiger partial charge < -0.3 is 15.8 Å². The van der Waals surface area contributed by atoms with Crippen LogP contribution < -0.4 is 15.8 Å². The monoisotopic (exact) mass is 273 g/mol. The molecule has 7 heteroatoms. The second kappa shape index (κ2) is 6.03. The summed E-state index contributed by atoms with van der Waals surface area (Å²) in [5.74, 6) is 0. The summed E-state index contributed by atoms with van der Waals surface area (Å²) in [5.41, 5.74) is 6.86. The number of nitrogens with two attached hydrogens (primary N) is 1. The standard InChI is InChI=1S/C11H19N3O3S/c1-8(17-3)7-14-11-6-9(4-5-10(11)12)18(15,16)13-2/h4-6,8,13-14H,7,12H2,1-3H3. The molecule has 1 atom stereocenters. The van der Waals surface area contributed by atoms with Crippen molar-refractivity contribution >= 4 is 21.4 Å². The van der Waals surface area contributed by atoms with Crippen molar-refractivity contribution in [3.63, 3.8) is 0 Å². The molecular formula is C11H19N3O3S. The van der Waals surface area contributed by atoms with E-state index in [0.717, 1.165) is 0 Å². The smallest absolute Gasteiger partial charge is 0.240 e. The summed E-state index contributed by atoms with van der Waals surface area (Å²) in [7, 11) is -0.483. The Kier molecular flexibility index (Phi) is 4.94. The summed E-state index contributed by atoms with van der Waals surface area (Å²) in [6, 6.07) is 4.53. The van der Waals surface area contributed by atoms with E-state index >= 15 is 0 Å². The summed E-state index contributed by atoms with van der Waals surface area (Å²) in [6.07, 6.45) is 0.00830. The Hall–Kier alpha value is -1.31. The molecule has 1 rings (SSSR count). The van der Waals surface area contributed by atoms with Gasteiger partial charge in [-0.05, 0) is 32.2 Å². The summed E-state index contributed by atoms with van der Waals surface area (Å²) in [4.78, 5) is 0.173. The van der Waals surface area contributed by atoms with Gasteiger partial charge in [-0.1, -0.05) is 0 Å². The highest BCUT2D eigenvalue weighted by molar-refractivity contribution is 7.89. The van der Waals surface area contributed by atoms with E-state index in [1.165, 1.54) is 19.2 Å². The van der Waals surface area contributed by atoms with Crippen molar-refractivity contribution in [1.29, 1.82) is 0 Å².